The van der Waals surface area contributed by atoms with E-state index in [-0.39, 0.29) is 6.10 Å². The monoisotopic (exact) mass is 404 g/mol. The van der Waals surface area contributed by atoms with Gasteiger partial charge in [0, 0.05) is 57.3 Å². The van der Waals surface area contributed by atoms with Crippen LogP contribution in [0.25, 0.3) is 0 Å². The van der Waals surface area contributed by atoms with E-state index < -0.39 is 0 Å². The van der Waals surface area contributed by atoms with Gasteiger partial charge in [0.05, 0.1) is 19.8 Å². The maximum absolute atomic E-state index is 5.92. The lowest BCUT2D eigenvalue weighted by molar-refractivity contribution is 0.0320. The summed E-state index contributed by atoms with van der Waals surface area (Å²) in [6.45, 7) is 13.3. The molecule has 2 aliphatic heterocycles. The van der Waals surface area contributed by atoms with Crippen molar-refractivity contribution in [3.63, 3.8) is 0 Å². The molecule has 7 heteroatoms. The van der Waals surface area contributed by atoms with Gasteiger partial charge in [-0.1, -0.05) is 6.92 Å². The van der Waals surface area contributed by atoms with Crippen LogP contribution in [0.4, 0.5) is 0 Å². The van der Waals surface area contributed by atoms with Gasteiger partial charge in [0.1, 0.15) is 17.6 Å². The van der Waals surface area contributed by atoms with Crippen molar-refractivity contribution in [1.82, 2.24) is 15.5 Å². The minimum absolute atomic E-state index is 0.227. The molecule has 3 rings (SSSR count). The number of guanidine groups is 1. The smallest absolute Gasteiger partial charge is 0.191 e. The summed E-state index contributed by atoms with van der Waals surface area (Å²) < 4.78 is 17.2. The van der Waals surface area contributed by atoms with E-state index in [0.717, 1.165) is 68.8 Å². The second kappa shape index (κ2) is 10.7. The first-order valence-corrected chi connectivity index (χ1v) is 10.8. The van der Waals surface area contributed by atoms with E-state index in [1.54, 1.807) is 7.05 Å². The molecule has 1 saturated heterocycles. The number of aliphatic imine (C=N–C) groups is 1. The van der Waals surface area contributed by atoms with Crippen LogP contribution in [0.1, 0.15) is 31.9 Å². The van der Waals surface area contributed by atoms with Crippen molar-refractivity contribution >= 4 is 5.96 Å². The lowest BCUT2D eigenvalue weighted by Crippen LogP contribution is -2.43. The summed E-state index contributed by atoms with van der Waals surface area (Å²) in [6.07, 6.45) is 1.16. The SMILES string of the molecule is CCOc1cc2c(cc1CNC(=NC)NCC(C)CN1CCOCC1)OC(C)C2. The fourth-order valence-electron chi connectivity index (χ4n) is 3.87. The van der Waals surface area contributed by atoms with E-state index in [4.69, 9.17) is 14.2 Å². The van der Waals surface area contributed by atoms with E-state index in [2.05, 4.69) is 46.5 Å². The molecule has 29 heavy (non-hydrogen) atoms. The van der Waals surface area contributed by atoms with Gasteiger partial charge in [-0.25, -0.2) is 0 Å². The van der Waals surface area contributed by atoms with Gasteiger partial charge < -0.3 is 24.8 Å². The fraction of sp³-hybridized carbons (Fsp3) is 0.682. The molecule has 1 aromatic rings. The van der Waals surface area contributed by atoms with E-state index in [1.807, 2.05) is 6.92 Å². The Morgan fingerprint density at radius 1 is 1.31 bits per heavy atom. The van der Waals surface area contributed by atoms with Crippen molar-refractivity contribution in [2.45, 2.75) is 39.8 Å². The summed E-state index contributed by atoms with van der Waals surface area (Å²) in [5.74, 6) is 3.23. The number of morpholine rings is 1. The normalized spacial score (nSPS) is 20.7. The zero-order valence-corrected chi connectivity index (χ0v) is 18.3. The van der Waals surface area contributed by atoms with Gasteiger partial charge in [0.2, 0.25) is 0 Å². The summed E-state index contributed by atoms with van der Waals surface area (Å²) in [6, 6.07) is 4.23. The zero-order chi connectivity index (χ0) is 20.6. The van der Waals surface area contributed by atoms with Gasteiger partial charge in [-0.05, 0) is 31.9 Å². The lowest BCUT2D eigenvalue weighted by atomic mass is 10.1. The lowest BCUT2D eigenvalue weighted by Gasteiger charge is -2.29. The van der Waals surface area contributed by atoms with Crippen LogP contribution >= 0.6 is 0 Å². The van der Waals surface area contributed by atoms with Crippen LogP contribution in [0.15, 0.2) is 17.1 Å². The average Bonchev–Trinajstić information content (AvgIpc) is 3.08. The Kier molecular flexibility index (Phi) is 8.00. The number of nitrogens with one attached hydrogen (secondary N) is 2. The van der Waals surface area contributed by atoms with E-state index in [0.29, 0.717) is 19.1 Å². The van der Waals surface area contributed by atoms with Crippen LogP contribution in [0.2, 0.25) is 0 Å². The molecule has 1 fully saturated rings. The molecule has 162 valence electrons. The Morgan fingerprint density at radius 3 is 2.83 bits per heavy atom. The van der Waals surface area contributed by atoms with Gasteiger partial charge in [-0.2, -0.15) is 0 Å². The Bertz CT molecular complexity index is 689. The minimum atomic E-state index is 0.227. The number of hydrogen-bond donors (Lipinski definition) is 2. The Hall–Kier alpha value is -1.99. The van der Waals surface area contributed by atoms with E-state index in [1.165, 1.54) is 5.56 Å². The van der Waals surface area contributed by atoms with Crippen LogP contribution in [-0.4, -0.2) is 70.0 Å². The molecule has 2 aliphatic rings. The highest BCUT2D eigenvalue weighted by Crippen LogP contribution is 2.35. The van der Waals surface area contributed by atoms with Crippen molar-refractivity contribution in [3.05, 3.63) is 23.3 Å². The van der Waals surface area contributed by atoms with Crippen LogP contribution in [-0.2, 0) is 17.7 Å². The van der Waals surface area contributed by atoms with Gasteiger partial charge >= 0.3 is 0 Å². The molecule has 0 radical (unpaired) electrons. The standard InChI is InChI=1S/C22H36N4O3/c1-5-28-20-11-18-10-17(3)29-21(18)12-19(20)14-25-22(23-4)24-13-16(2)15-26-6-8-27-9-7-26/h11-12,16-17H,5-10,13-15H2,1-4H3,(H2,23,24,25). The van der Waals surface area contributed by atoms with Crippen LogP contribution in [0, 0.1) is 5.92 Å². The van der Waals surface area contributed by atoms with Crippen molar-refractivity contribution in [1.29, 1.82) is 0 Å². The molecule has 2 heterocycles. The molecule has 0 aromatic heterocycles. The van der Waals surface area contributed by atoms with Crippen molar-refractivity contribution in [2.75, 3.05) is 53.0 Å². The van der Waals surface area contributed by atoms with Gasteiger partial charge in [-0.3, -0.25) is 9.89 Å². The van der Waals surface area contributed by atoms with Crippen molar-refractivity contribution in [2.24, 2.45) is 10.9 Å². The molecule has 2 unspecified atom stereocenters. The first kappa shape index (κ1) is 21.7. The Balaban J connectivity index is 1.51. The molecular weight excluding hydrogens is 368 g/mol. The van der Waals surface area contributed by atoms with Gasteiger partial charge in [0.15, 0.2) is 5.96 Å². The summed E-state index contributed by atoms with van der Waals surface area (Å²) in [5.41, 5.74) is 2.31. The van der Waals surface area contributed by atoms with E-state index in [9.17, 15) is 0 Å². The third-order valence-electron chi connectivity index (χ3n) is 5.34. The average molecular weight is 405 g/mol. The molecule has 0 spiro atoms. The summed E-state index contributed by atoms with van der Waals surface area (Å²) in [4.78, 5) is 6.84. The topological polar surface area (TPSA) is 67.4 Å². The fourth-order valence-corrected chi connectivity index (χ4v) is 3.87. The maximum atomic E-state index is 5.92. The third-order valence-corrected chi connectivity index (χ3v) is 5.34. The number of fused-ring (bicyclic) bond motifs is 1. The second-order valence-corrected chi connectivity index (χ2v) is 7.96. The van der Waals surface area contributed by atoms with Crippen LogP contribution < -0.4 is 20.1 Å². The molecule has 2 N–H and O–H groups in total. The Labute approximate surface area is 174 Å². The quantitative estimate of drug-likeness (QED) is 0.511. The highest BCUT2D eigenvalue weighted by molar-refractivity contribution is 5.79. The molecule has 0 aliphatic carbocycles. The predicted molar refractivity (Wildman–Crippen MR) is 116 cm³/mol. The minimum Gasteiger partial charge on any atom is -0.494 e. The predicted octanol–water partition coefficient (Wildman–Crippen LogP) is 2.04. The molecular formula is C22H36N4O3. The van der Waals surface area contributed by atoms with Crippen molar-refractivity contribution < 1.29 is 14.2 Å². The number of hydrogen-bond acceptors (Lipinski definition) is 5. The largest absolute Gasteiger partial charge is 0.494 e. The molecule has 1 aromatic carbocycles. The molecule has 0 saturated carbocycles. The summed E-state index contributed by atoms with van der Waals surface area (Å²) in [5, 5.41) is 6.86. The first-order chi connectivity index (χ1) is 14.1. The molecule has 0 bridgehead atoms. The van der Waals surface area contributed by atoms with E-state index >= 15 is 0 Å². The third kappa shape index (κ3) is 6.24. The second-order valence-electron chi connectivity index (χ2n) is 7.96. The molecule has 0 amide bonds. The number of nitrogens with zero attached hydrogens (tertiary/aromatic N) is 2. The van der Waals surface area contributed by atoms with Crippen molar-refractivity contribution in [3.8, 4) is 11.5 Å². The number of rotatable bonds is 8. The van der Waals surface area contributed by atoms with Crippen LogP contribution in [0.3, 0.4) is 0 Å². The van der Waals surface area contributed by atoms with Gasteiger partial charge in [0.25, 0.3) is 0 Å². The number of benzene rings is 1. The highest BCUT2D eigenvalue weighted by Gasteiger charge is 2.22. The number of ether oxygens (including phenoxy) is 3. The summed E-state index contributed by atoms with van der Waals surface area (Å²) in [7, 11) is 1.80. The van der Waals surface area contributed by atoms with Crippen LogP contribution in [0.5, 0.6) is 11.5 Å². The molecule has 7 nitrogen and oxygen atoms in total. The Morgan fingerprint density at radius 2 is 2.10 bits per heavy atom. The zero-order valence-electron chi connectivity index (χ0n) is 18.3. The maximum Gasteiger partial charge on any atom is 0.191 e. The highest BCUT2D eigenvalue weighted by atomic mass is 16.5. The summed E-state index contributed by atoms with van der Waals surface area (Å²) >= 11 is 0. The molecule has 2 atom stereocenters. The van der Waals surface area contributed by atoms with Gasteiger partial charge in [-0.15, -0.1) is 0 Å². The first-order valence-electron chi connectivity index (χ1n) is 10.8.